The standard InChI is InChI=1S/C22H21ClFN5O2S/c1-3-4-11-28-20(31)15-7-5-6-8-18(15)29-21(28)26-27-22(29)32-13(2)19(30)25-14-9-10-17(24)16(23)12-14/h5-10,12-13H,3-4,11H2,1-2H3,(H,25,30). The van der Waals surface area contributed by atoms with Crippen LogP contribution in [0.2, 0.25) is 5.02 Å². The predicted octanol–water partition coefficient (Wildman–Crippen LogP) is 4.76. The van der Waals surface area contributed by atoms with Gasteiger partial charge >= 0.3 is 0 Å². The molecule has 0 fully saturated rings. The highest BCUT2D eigenvalue weighted by atomic mass is 35.5. The minimum absolute atomic E-state index is 0.0666. The number of nitrogens with zero attached hydrogens (tertiary/aromatic N) is 4. The van der Waals surface area contributed by atoms with E-state index in [-0.39, 0.29) is 16.5 Å². The number of hydrogen-bond acceptors (Lipinski definition) is 5. The molecule has 0 aliphatic rings. The van der Waals surface area contributed by atoms with Crippen molar-refractivity contribution in [1.29, 1.82) is 0 Å². The van der Waals surface area contributed by atoms with Crippen molar-refractivity contribution >= 4 is 51.6 Å². The molecule has 1 amide bonds. The van der Waals surface area contributed by atoms with Crippen molar-refractivity contribution in [2.24, 2.45) is 0 Å². The third kappa shape index (κ3) is 4.22. The Morgan fingerprint density at radius 2 is 2.03 bits per heavy atom. The number of para-hydroxylation sites is 1. The number of fused-ring (bicyclic) bond motifs is 3. The average Bonchev–Trinajstić information content (AvgIpc) is 3.19. The van der Waals surface area contributed by atoms with Crippen LogP contribution in [0.4, 0.5) is 10.1 Å². The second-order valence-corrected chi connectivity index (χ2v) is 9.04. The van der Waals surface area contributed by atoms with Crippen LogP contribution in [0, 0.1) is 5.82 Å². The minimum Gasteiger partial charge on any atom is -0.325 e. The largest absolute Gasteiger partial charge is 0.325 e. The zero-order valence-electron chi connectivity index (χ0n) is 17.5. The number of carbonyl (C=O) groups excluding carboxylic acids is 1. The molecule has 4 aromatic rings. The van der Waals surface area contributed by atoms with Gasteiger partial charge in [-0.1, -0.05) is 48.8 Å². The number of halogens is 2. The molecule has 10 heteroatoms. The summed E-state index contributed by atoms with van der Waals surface area (Å²) >= 11 is 7.02. The van der Waals surface area contributed by atoms with Crippen LogP contribution in [-0.2, 0) is 11.3 Å². The third-order valence-electron chi connectivity index (χ3n) is 5.05. The summed E-state index contributed by atoms with van der Waals surface area (Å²) in [5.41, 5.74) is 0.981. The number of aromatic nitrogens is 4. The van der Waals surface area contributed by atoms with Crippen LogP contribution in [0.25, 0.3) is 16.7 Å². The molecular weight excluding hydrogens is 453 g/mol. The van der Waals surface area contributed by atoms with Crippen molar-refractivity contribution < 1.29 is 9.18 Å². The number of carbonyl (C=O) groups is 1. The van der Waals surface area contributed by atoms with Crippen molar-refractivity contribution in [3.05, 3.63) is 63.7 Å². The van der Waals surface area contributed by atoms with Crippen molar-refractivity contribution in [1.82, 2.24) is 19.2 Å². The van der Waals surface area contributed by atoms with Gasteiger partial charge in [-0.3, -0.25) is 18.6 Å². The summed E-state index contributed by atoms with van der Waals surface area (Å²) in [5.74, 6) is -0.399. The van der Waals surface area contributed by atoms with Crippen molar-refractivity contribution in [2.45, 2.75) is 43.6 Å². The molecule has 2 aromatic heterocycles. The Hall–Kier alpha value is -2.91. The molecule has 0 saturated carbocycles. The quantitative estimate of drug-likeness (QED) is 0.391. The van der Waals surface area contributed by atoms with Crippen LogP contribution in [0.5, 0.6) is 0 Å². The number of benzene rings is 2. The molecule has 2 aromatic carbocycles. The van der Waals surface area contributed by atoms with Gasteiger partial charge in [0, 0.05) is 12.2 Å². The number of nitrogens with one attached hydrogen (secondary N) is 1. The maximum atomic E-state index is 13.4. The van der Waals surface area contributed by atoms with Gasteiger partial charge in [-0.05, 0) is 43.7 Å². The van der Waals surface area contributed by atoms with E-state index in [1.54, 1.807) is 17.6 Å². The number of amides is 1. The molecule has 2 heterocycles. The topological polar surface area (TPSA) is 81.3 Å². The van der Waals surface area contributed by atoms with E-state index < -0.39 is 11.1 Å². The fraction of sp³-hybridized carbons (Fsp3) is 0.273. The minimum atomic E-state index is -0.553. The van der Waals surface area contributed by atoms with Crippen LogP contribution in [-0.4, -0.2) is 30.3 Å². The van der Waals surface area contributed by atoms with E-state index in [1.807, 2.05) is 22.6 Å². The second-order valence-electron chi connectivity index (χ2n) is 7.32. The van der Waals surface area contributed by atoms with E-state index in [1.165, 1.54) is 30.0 Å². The van der Waals surface area contributed by atoms with Gasteiger partial charge in [0.2, 0.25) is 11.7 Å². The molecule has 0 bridgehead atoms. The van der Waals surface area contributed by atoms with Gasteiger partial charge in [-0.2, -0.15) is 0 Å². The first-order valence-electron chi connectivity index (χ1n) is 10.2. The van der Waals surface area contributed by atoms with Gasteiger partial charge in [-0.25, -0.2) is 4.39 Å². The predicted molar refractivity (Wildman–Crippen MR) is 125 cm³/mol. The maximum absolute atomic E-state index is 13.4. The lowest BCUT2D eigenvalue weighted by Gasteiger charge is -2.13. The smallest absolute Gasteiger partial charge is 0.262 e. The first kappa shape index (κ1) is 22.3. The van der Waals surface area contributed by atoms with Crippen molar-refractivity contribution in [3.63, 3.8) is 0 Å². The molecule has 0 aliphatic heterocycles. The Morgan fingerprint density at radius 3 is 2.78 bits per heavy atom. The van der Waals surface area contributed by atoms with E-state index in [2.05, 4.69) is 22.4 Å². The van der Waals surface area contributed by atoms with Gasteiger partial charge in [-0.15, -0.1) is 10.2 Å². The van der Waals surface area contributed by atoms with Gasteiger partial charge in [0.15, 0.2) is 5.16 Å². The average molecular weight is 474 g/mol. The molecular formula is C22H21ClFN5O2S. The monoisotopic (exact) mass is 473 g/mol. The van der Waals surface area contributed by atoms with E-state index in [4.69, 9.17) is 11.6 Å². The molecule has 0 spiro atoms. The molecule has 0 aliphatic carbocycles. The van der Waals surface area contributed by atoms with Crippen molar-refractivity contribution in [2.75, 3.05) is 5.32 Å². The van der Waals surface area contributed by atoms with Gasteiger partial charge in [0.05, 0.1) is 21.2 Å². The fourth-order valence-corrected chi connectivity index (χ4v) is 4.39. The zero-order chi connectivity index (χ0) is 22.8. The number of aryl methyl sites for hydroxylation is 1. The summed E-state index contributed by atoms with van der Waals surface area (Å²) in [6, 6.07) is 11.3. The van der Waals surface area contributed by atoms with Crippen LogP contribution in [0.1, 0.15) is 26.7 Å². The first-order chi connectivity index (χ1) is 15.4. The Morgan fingerprint density at radius 1 is 1.25 bits per heavy atom. The molecule has 1 N–H and O–H groups in total. The van der Waals surface area contributed by atoms with E-state index in [0.29, 0.717) is 34.1 Å². The molecule has 1 unspecified atom stereocenters. The Balaban J connectivity index is 1.68. The summed E-state index contributed by atoms with van der Waals surface area (Å²) in [6.45, 7) is 4.33. The van der Waals surface area contributed by atoms with Gasteiger partial charge in [0.25, 0.3) is 5.56 Å². The number of hydrogen-bond donors (Lipinski definition) is 1. The normalized spacial score (nSPS) is 12.4. The highest BCUT2D eigenvalue weighted by molar-refractivity contribution is 8.00. The summed E-state index contributed by atoms with van der Waals surface area (Å²) in [4.78, 5) is 25.7. The third-order valence-corrected chi connectivity index (χ3v) is 6.38. The van der Waals surface area contributed by atoms with Crippen LogP contribution >= 0.6 is 23.4 Å². The van der Waals surface area contributed by atoms with E-state index >= 15 is 0 Å². The first-order valence-corrected chi connectivity index (χ1v) is 11.5. The lowest BCUT2D eigenvalue weighted by molar-refractivity contribution is -0.115. The summed E-state index contributed by atoms with van der Waals surface area (Å²) in [7, 11) is 0. The maximum Gasteiger partial charge on any atom is 0.262 e. The molecule has 0 saturated heterocycles. The van der Waals surface area contributed by atoms with Gasteiger partial charge in [0.1, 0.15) is 5.82 Å². The highest BCUT2D eigenvalue weighted by Gasteiger charge is 2.21. The van der Waals surface area contributed by atoms with Crippen LogP contribution in [0.3, 0.4) is 0 Å². The number of rotatable bonds is 7. The summed E-state index contributed by atoms with van der Waals surface area (Å²) in [5, 5.41) is 11.7. The summed E-state index contributed by atoms with van der Waals surface area (Å²) in [6.07, 6.45) is 1.77. The van der Waals surface area contributed by atoms with Gasteiger partial charge < -0.3 is 5.32 Å². The molecule has 0 radical (unpaired) electrons. The number of unbranched alkanes of at least 4 members (excludes halogenated alkanes) is 1. The number of thioether (sulfide) groups is 1. The lowest BCUT2D eigenvalue weighted by Crippen LogP contribution is -2.24. The SMILES string of the molecule is CCCCn1c(=O)c2ccccc2n2c(SC(C)C(=O)Nc3ccc(F)c(Cl)c3)nnc12. The van der Waals surface area contributed by atoms with Crippen LogP contribution < -0.4 is 10.9 Å². The molecule has 166 valence electrons. The lowest BCUT2D eigenvalue weighted by atomic mass is 10.2. The molecule has 1 atom stereocenters. The Kier molecular flexibility index (Phi) is 6.48. The molecule has 7 nitrogen and oxygen atoms in total. The second kappa shape index (κ2) is 9.30. The fourth-order valence-electron chi connectivity index (χ4n) is 3.36. The van der Waals surface area contributed by atoms with Crippen LogP contribution in [0.15, 0.2) is 52.4 Å². The zero-order valence-corrected chi connectivity index (χ0v) is 19.1. The Bertz CT molecular complexity index is 1370. The van der Waals surface area contributed by atoms with E-state index in [9.17, 15) is 14.0 Å². The molecule has 32 heavy (non-hydrogen) atoms. The Labute approximate surface area is 192 Å². The molecule has 4 rings (SSSR count). The highest BCUT2D eigenvalue weighted by Crippen LogP contribution is 2.26. The number of anilines is 1. The van der Waals surface area contributed by atoms with E-state index in [0.717, 1.165) is 12.8 Å². The summed E-state index contributed by atoms with van der Waals surface area (Å²) < 4.78 is 16.8. The van der Waals surface area contributed by atoms with Crippen molar-refractivity contribution in [3.8, 4) is 0 Å².